The molecule has 1 aromatic heterocycles. The first-order chi connectivity index (χ1) is 10.7. The second kappa shape index (κ2) is 6.80. The van der Waals surface area contributed by atoms with Crippen molar-refractivity contribution in [3.05, 3.63) is 34.6 Å². The first-order valence-corrected chi connectivity index (χ1v) is 8.45. The molecule has 0 atom stereocenters. The molecule has 23 heavy (non-hydrogen) atoms. The third-order valence-electron chi connectivity index (χ3n) is 3.21. The van der Waals surface area contributed by atoms with E-state index in [9.17, 15) is 4.79 Å². The lowest BCUT2D eigenvalue weighted by Crippen LogP contribution is -2.24. The maximum Gasteiger partial charge on any atom is 0.234 e. The average molecular weight is 354 g/mol. The second-order valence-corrected chi connectivity index (χ2v) is 7.53. The van der Waals surface area contributed by atoms with E-state index in [1.807, 2.05) is 33.8 Å². The molecule has 0 bridgehead atoms. The van der Waals surface area contributed by atoms with E-state index < -0.39 is 0 Å². The van der Waals surface area contributed by atoms with Crippen molar-refractivity contribution in [2.45, 2.75) is 38.3 Å². The molecule has 0 aliphatic rings. The molecule has 0 saturated carbocycles. The van der Waals surface area contributed by atoms with Crippen LogP contribution in [0.5, 0.6) is 0 Å². The quantitative estimate of drug-likeness (QED) is 0.652. The topological polar surface area (TPSA) is 85.8 Å². The predicted molar refractivity (Wildman–Crippen MR) is 94.4 cm³/mol. The van der Waals surface area contributed by atoms with Gasteiger partial charge in [0, 0.05) is 16.1 Å². The van der Waals surface area contributed by atoms with Gasteiger partial charge in [-0.3, -0.25) is 4.79 Å². The molecule has 0 spiro atoms. The number of rotatable bonds is 4. The van der Waals surface area contributed by atoms with E-state index in [-0.39, 0.29) is 17.1 Å². The summed E-state index contributed by atoms with van der Waals surface area (Å²) in [5.74, 6) is 6.70. The lowest BCUT2D eigenvalue weighted by molar-refractivity contribution is -0.113. The van der Waals surface area contributed by atoms with E-state index in [0.717, 1.165) is 5.56 Å². The van der Waals surface area contributed by atoms with Crippen LogP contribution in [-0.2, 0) is 10.2 Å². The number of nitrogens with two attached hydrogens (primary N) is 1. The Morgan fingerprint density at radius 3 is 2.70 bits per heavy atom. The highest BCUT2D eigenvalue weighted by atomic mass is 35.5. The summed E-state index contributed by atoms with van der Waals surface area (Å²) < 4.78 is 1.43. The van der Waals surface area contributed by atoms with E-state index in [1.165, 1.54) is 16.4 Å². The number of nitrogens with zero attached hydrogens (tertiary/aromatic N) is 3. The number of benzene rings is 1. The van der Waals surface area contributed by atoms with Gasteiger partial charge in [0.05, 0.1) is 5.75 Å². The summed E-state index contributed by atoms with van der Waals surface area (Å²) in [6.45, 7) is 7.87. The summed E-state index contributed by atoms with van der Waals surface area (Å²) in [7, 11) is 0. The molecule has 6 nitrogen and oxygen atoms in total. The zero-order chi connectivity index (χ0) is 17.2. The van der Waals surface area contributed by atoms with Gasteiger partial charge in [-0.2, -0.15) is 0 Å². The summed E-state index contributed by atoms with van der Waals surface area (Å²) in [6.07, 6.45) is 0. The average Bonchev–Trinajstić information content (AvgIpc) is 2.83. The Kier molecular flexibility index (Phi) is 5.21. The number of carbonyl (C=O) groups excluding carboxylic acids is 1. The van der Waals surface area contributed by atoms with Crippen LogP contribution in [0.2, 0.25) is 5.02 Å². The number of thioether (sulfide) groups is 1. The van der Waals surface area contributed by atoms with Crippen LogP contribution in [0.25, 0.3) is 0 Å². The van der Waals surface area contributed by atoms with E-state index in [4.69, 9.17) is 17.4 Å². The minimum Gasteiger partial charge on any atom is -0.336 e. The molecule has 2 rings (SSSR count). The monoisotopic (exact) mass is 353 g/mol. The second-order valence-electron chi connectivity index (χ2n) is 6.18. The van der Waals surface area contributed by atoms with Crippen molar-refractivity contribution >= 4 is 35.0 Å². The van der Waals surface area contributed by atoms with E-state index in [0.29, 0.717) is 21.7 Å². The predicted octanol–water partition coefficient (Wildman–Crippen LogP) is 2.98. The Hall–Kier alpha value is -1.73. The van der Waals surface area contributed by atoms with E-state index >= 15 is 0 Å². The third-order valence-corrected chi connectivity index (χ3v) is 4.56. The number of nitrogens with one attached hydrogen (secondary N) is 1. The zero-order valence-corrected chi connectivity index (χ0v) is 15.1. The van der Waals surface area contributed by atoms with Gasteiger partial charge >= 0.3 is 0 Å². The standard InChI is InChI=1S/C15H20ClN5OS/c1-9-10(16)6-5-7-11(9)18-12(22)8-23-14-20-19-13(21(14)17)15(2,3)4/h5-7H,8,17H2,1-4H3,(H,18,22). The highest BCUT2D eigenvalue weighted by Crippen LogP contribution is 2.25. The van der Waals surface area contributed by atoms with Gasteiger partial charge in [-0.05, 0) is 24.6 Å². The molecule has 3 N–H and O–H groups in total. The maximum atomic E-state index is 12.1. The Morgan fingerprint density at radius 2 is 2.09 bits per heavy atom. The Morgan fingerprint density at radius 1 is 1.39 bits per heavy atom. The Bertz CT molecular complexity index is 723. The van der Waals surface area contributed by atoms with E-state index in [1.54, 1.807) is 12.1 Å². The molecule has 0 aliphatic carbocycles. The molecule has 8 heteroatoms. The molecule has 0 unspecified atom stereocenters. The lowest BCUT2D eigenvalue weighted by atomic mass is 9.96. The SMILES string of the molecule is Cc1c(Cl)cccc1NC(=O)CSc1nnc(C(C)(C)C)n1N. The van der Waals surface area contributed by atoms with Crippen LogP contribution >= 0.6 is 23.4 Å². The van der Waals surface area contributed by atoms with Crippen LogP contribution in [0.3, 0.4) is 0 Å². The minimum absolute atomic E-state index is 0.152. The van der Waals surface area contributed by atoms with Gasteiger partial charge in [0.1, 0.15) is 0 Å². The van der Waals surface area contributed by atoms with Crippen molar-refractivity contribution in [2.24, 2.45) is 0 Å². The first-order valence-electron chi connectivity index (χ1n) is 7.09. The fraction of sp³-hybridized carbons (Fsp3) is 0.400. The fourth-order valence-electron chi connectivity index (χ4n) is 1.95. The number of amides is 1. The van der Waals surface area contributed by atoms with Crippen LogP contribution in [-0.4, -0.2) is 26.5 Å². The third kappa shape index (κ3) is 4.17. The number of carbonyl (C=O) groups is 1. The summed E-state index contributed by atoms with van der Waals surface area (Å²) in [5, 5.41) is 12.1. The molecular weight excluding hydrogens is 334 g/mol. The smallest absolute Gasteiger partial charge is 0.234 e. The van der Waals surface area contributed by atoms with Crippen molar-refractivity contribution in [1.82, 2.24) is 14.9 Å². The summed E-state index contributed by atoms with van der Waals surface area (Å²) in [4.78, 5) is 12.1. The van der Waals surface area contributed by atoms with Crippen LogP contribution in [0, 0.1) is 6.92 Å². The highest BCUT2D eigenvalue weighted by molar-refractivity contribution is 7.99. The molecule has 2 aromatic rings. The number of hydrogen-bond acceptors (Lipinski definition) is 5. The number of halogens is 1. The number of aromatic nitrogens is 3. The minimum atomic E-state index is -0.208. The summed E-state index contributed by atoms with van der Waals surface area (Å²) in [6, 6.07) is 5.39. The van der Waals surface area contributed by atoms with Gasteiger partial charge in [-0.25, -0.2) is 4.68 Å². The Balaban J connectivity index is 2.00. The zero-order valence-electron chi connectivity index (χ0n) is 13.6. The normalized spacial score (nSPS) is 11.5. The number of hydrogen-bond donors (Lipinski definition) is 2. The molecule has 0 saturated heterocycles. The van der Waals surface area contributed by atoms with Crippen LogP contribution < -0.4 is 11.2 Å². The molecule has 124 valence electrons. The molecule has 0 fully saturated rings. The fourth-order valence-corrected chi connectivity index (χ4v) is 2.78. The molecule has 1 amide bonds. The van der Waals surface area contributed by atoms with Crippen molar-refractivity contribution < 1.29 is 4.79 Å². The molecule has 0 aliphatic heterocycles. The molecular formula is C15H20ClN5OS. The van der Waals surface area contributed by atoms with Crippen LogP contribution in [0.15, 0.2) is 23.4 Å². The maximum absolute atomic E-state index is 12.1. The molecule has 1 aromatic carbocycles. The molecule has 0 radical (unpaired) electrons. The summed E-state index contributed by atoms with van der Waals surface area (Å²) in [5.41, 5.74) is 1.33. The number of nitrogen functional groups attached to an aromatic ring is 1. The van der Waals surface area contributed by atoms with E-state index in [2.05, 4.69) is 15.5 Å². The van der Waals surface area contributed by atoms with Gasteiger partial charge in [0.25, 0.3) is 0 Å². The van der Waals surface area contributed by atoms with Gasteiger partial charge in [-0.1, -0.05) is 50.2 Å². The van der Waals surface area contributed by atoms with Crippen molar-refractivity contribution in [3.63, 3.8) is 0 Å². The highest BCUT2D eigenvalue weighted by Gasteiger charge is 2.23. The van der Waals surface area contributed by atoms with Crippen molar-refractivity contribution in [3.8, 4) is 0 Å². The van der Waals surface area contributed by atoms with Crippen LogP contribution in [0.4, 0.5) is 5.69 Å². The van der Waals surface area contributed by atoms with Gasteiger partial charge in [-0.15, -0.1) is 10.2 Å². The Labute approximate surface area is 144 Å². The lowest BCUT2D eigenvalue weighted by Gasteiger charge is -2.16. The van der Waals surface area contributed by atoms with Crippen LogP contribution in [0.1, 0.15) is 32.2 Å². The van der Waals surface area contributed by atoms with Gasteiger partial charge in [0.2, 0.25) is 11.1 Å². The van der Waals surface area contributed by atoms with Gasteiger partial charge < -0.3 is 11.2 Å². The summed E-state index contributed by atoms with van der Waals surface area (Å²) >= 11 is 7.28. The number of anilines is 1. The van der Waals surface area contributed by atoms with Crippen molar-refractivity contribution in [1.29, 1.82) is 0 Å². The largest absolute Gasteiger partial charge is 0.336 e. The molecule has 1 heterocycles. The van der Waals surface area contributed by atoms with Gasteiger partial charge in [0.15, 0.2) is 5.82 Å². The first kappa shape index (κ1) is 17.6. The van der Waals surface area contributed by atoms with Crippen molar-refractivity contribution in [2.75, 3.05) is 16.9 Å².